The summed E-state index contributed by atoms with van der Waals surface area (Å²) in [7, 11) is 0. The van der Waals surface area contributed by atoms with Crippen molar-refractivity contribution in [2.75, 3.05) is 6.54 Å². The quantitative estimate of drug-likeness (QED) is 0.884. The minimum absolute atomic E-state index is 0.341. The third-order valence-corrected chi connectivity index (χ3v) is 4.51. The summed E-state index contributed by atoms with van der Waals surface area (Å²) in [6, 6.07) is 4.53. The lowest BCUT2D eigenvalue weighted by atomic mass is 10.1. The normalized spacial score (nSPS) is 12.6. The van der Waals surface area contributed by atoms with Crippen LogP contribution >= 0.6 is 23.3 Å². The smallest absolute Gasteiger partial charge is 0.174 e. The molecule has 0 saturated carbocycles. The van der Waals surface area contributed by atoms with E-state index in [1.807, 2.05) is 13.1 Å². The van der Waals surface area contributed by atoms with Crippen LogP contribution in [0.3, 0.4) is 0 Å². The Morgan fingerprint density at radius 1 is 1.37 bits per heavy atom. The molecule has 0 aromatic carbocycles. The summed E-state index contributed by atoms with van der Waals surface area (Å²) in [5.74, 6) is 0.829. The second-order valence-electron chi connectivity index (χ2n) is 4.15. The van der Waals surface area contributed by atoms with Gasteiger partial charge in [0.1, 0.15) is 5.82 Å². The van der Waals surface area contributed by atoms with E-state index >= 15 is 0 Å². The number of pyridine rings is 1. The molecule has 0 bridgehead atoms. The van der Waals surface area contributed by atoms with Crippen LogP contribution in [0.2, 0.25) is 0 Å². The highest BCUT2D eigenvalue weighted by Crippen LogP contribution is 2.29. The lowest BCUT2D eigenvalue weighted by Gasteiger charge is -2.15. The number of nitrogens with zero attached hydrogens (tertiary/aromatic N) is 3. The van der Waals surface area contributed by atoms with Gasteiger partial charge < -0.3 is 5.32 Å². The summed E-state index contributed by atoms with van der Waals surface area (Å²) in [6.45, 7) is 7.15. The molecule has 2 heterocycles. The zero-order chi connectivity index (χ0) is 13.7. The first-order valence-electron chi connectivity index (χ1n) is 6.40. The molecule has 0 aliphatic carbocycles. The van der Waals surface area contributed by atoms with Crippen LogP contribution < -0.4 is 5.32 Å². The molecule has 102 valence electrons. The monoisotopic (exact) mass is 294 g/mol. The summed E-state index contributed by atoms with van der Waals surface area (Å²) in [5.41, 5.74) is 1.10. The molecular formula is C13H18N4S2. The molecule has 0 fully saturated rings. The fourth-order valence-corrected chi connectivity index (χ4v) is 3.38. The number of nitrogens with one attached hydrogen (secondary N) is 1. The standard InChI is InChI=1S/C13H18N4S2/c1-4-11(14-5-2)12-7-6-10(8-15-12)18-13-16-9(3)17-19-13/h6-8,11,14H,4-5H2,1-3H3. The van der Waals surface area contributed by atoms with Crippen LogP contribution in [0.5, 0.6) is 0 Å². The predicted octanol–water partition coefficient (Wildman–Crippen LogP) is 3.45. The topological polar surface area (TPSA) is 50.7 Å². The van der Waals surface area contributed by atoms with Gasteiger partial charge in [-0.1, -0.05) is 25.6 Å². The van der Waals surface area contributed by atoms with Crippen LogP contribution in [0, 0.1) is 6.92 Å². The van der Waals surface area contributed by atoms with E-state index in [4.69, 9.17) is 0 Å². The van der Waals surface area contributed by atoms with E-state index in [1.165, 1.54) is 11.5 Å². The Kier molecular flexibility index (Phi) is 5.30. The fraction of sp³-hybridized carbons (Fsp3) is 0.462. The minimum Gasteiger partial charge on any atom is -0.309 e. The molecule has 0 amide bonds. The second-order valence-corrected chi connectivity index (χ2v) is 6.22. The van der Waals surface area contributed by atoms with Gasteiger partial charge in [-0.15, -0.1) is 0 Å². The van der Waals surface area contributed by atoms with Gasteiger partial charge in [0.05, 0.1) is 5.69 Å². The van der Waals surface area contributed by atoms with Gasteiger partial charge in [-0.05, 0) is 43.6 Å². The number of hydrogen-bond acceptors (Lipinski definition) is 6. The van der Waals surface area contributed by atoms with Gasteiger partial charge in [-0.25, -0.2) is 4.98 Å². The second kappa shape index (κ2) is 6.98. The average Bonchev–Trinajstić information content (AvgIpc) is 2.82. The molecule has 0 radical (unpaired) electrons. The molecule has 2 aromatic rings. The van der Waals surface area contributed by atoms with Crippen LogP contribution in [0.4, 0.5) is 0 Å². The molecule has 0 spiro atoms. The highest BCUT2D eigenvalue weighted by atomic mass is 32.2. The molecule has 19 heavy (non-hydrogen) atoms. The van der Waals surface area contributed by atoms with Crippen LogP contribution in [-0.2, 0) is 0 Å². The molecule has 1 atom stereocenters. The fourth-order valence-electron chi connectivity index (χ4n) is 1.78. The van der Waals surface area contributed by atoms with E-state index in [2.05, 4.69) is 45.6 Å². The molecule has 1 N–H and O–H groups in total. The highest BCUT2D eigenvalue weighted by Gasteiger charge is 2.09. The molecule has 0 saturated heterocycles. The zero-order valence-electron chi connectivity index (χ0n) is 11.4. The largest absolute Gasteiger partial charge is 0.309 e. The number of aryl methyl sites for hydroxylation is 1. The Morgan fingerprint density at radius 2 is 2.21 bits per heavy atom. The summed E-state index contributed by atoms with van der Waals surface area (Å²) < 4.78 is 5.14. The lowest BCUT2D eigenvalue weighted by molar-refractivity contribution is 0.524. The molecule has 0 aliphatic heterocycles. The van der Waals surface area contributed by atoms with Crippen molar-refractivity contribution >= 4 is 23.3 Å². The van der Waals surface area contributed by atoms with Gasteiger partial charge >= 0.3 is 0 Å². The number of aromatic nitrogens is 3. The van der Waals surface area contributed by atoms with Crippen molar-refractivity contribution < 1.29 is 0 Å². The number of rotatable bonds is 6. The molecule has 0 aliphatic rings. The van der Waals surface area contributed by atoms with Gasteiger partial charge in [0.2, 0.25) is 0 Å². The van der Waals surface area contributed by atoms with Crippen molar-refractivity contribution in [3.63, 3.8) is 0 Å². The third-order valence-electron chi connectivity index (χ3n) is 2.69. The van der Waals surface area contributed by atoms with E-state index < -0.39 is 0 Å². The summed E-state index contributed by atoms with van der Waals surface area (Å²) in [5, 5.41) is 3.43. The van der Waals surface area contributed by atoms with Crippen molar-refractivity contribution in [3.8, 4) is 0 Å². The Bertz CT molecular complexity index is 510. The molecule has 2 aromatic heterocycles. The Balaban J connectivity index is 2.05. The van der Waals surface area contributed by atoms with Crippen molar-refractivity contribution in [2.45, 2.75) is 42.5 Å². The van der Waals surface area contributed by atoms with Gasteiger partial charge in [0, 0.05) is 17.1 Å². The zero-order valence-corrected chi connectivity index (χ0v) is 13.0. The van der Waals surface area contributed by atoms with Crippen LogP contribution in [0.1, 0.15) is 37.8 Å². The lowest BCUT2D eigenvalue weighted by Crippen LogP contribution is -2.20. The minimum atomic E-state index is 0.341. The van der Waals surface area contributed by atoms with Gasteiger partial charge in [0.25, 0.3) is 0 Å². The third kappa shape index (κ3) is 3.99. The molecule has 4 nitrogen and oxygen atoms in total. The van der Waals surface area contributed by atoms with Crippen LogP contribution in [0.15, 0.2) is 27.6 Å². The molecule has 1 unspecified atom stereocenters. The highest BCUT2D eigenvalue weighted by molar-refractivity contribution is 8.01. The van der Waals surface area contributed by atoms with Gasteiger partial charge in [-0.2, -0.15) is 4.37 Å². The first kappa shape index (κ1) is 14.4. The van der Waals surface area contributed by atoms with E-state index in [0.717, 1.165) is 33.7 Å². The summed E-state index contributed by atoms with van der Waals surface area (Å²) in [6.07, 6.45) is 2.96. The molecule has 6 heteroatoms. The average molecular weight is 294 g/mol. The van der Waals surface area contributed by atoms with Crippen molar-refractivity contribution in [2.24, 2.45) is 0 Å². The predicted molar refractivity (Wildman–Crippen MR) is 79.7 cm³/mol. The first-order valence-corrected chi connectivity index (χ1v) is 7.99. The van der Waals surface area contributed by atoms with E-state index in [1.54, 1.807) is 11.8 Å². The van der Waals surface area contributed by atoms with Crippen LogP contribution in [-0.4, -0.2) is 20.9 Å². The van der Waals surface area contributed by atoms with Gasteiger partial charge in [-0.3, -0.25) is 4.98 Å². The van der Waals surface area contributed by atoms with Crippen LogP contribution in [0.25, 0.3) is 0 Å². The van der Waals surface area contributed by atoms with E-state index in [9.17, 15) is 0 Å². The van der Waals surface area contributed by atoms with E-state index in [-0.39, 0.29) is 0 Å². The van der Waals surface area contributed by atoms with Gasteiger partial charge in [0.15, 0.2) is 4.34 Å². The Morgan fingerprint density at radius 3 is 2.74 bits per heavy atom. The summed E-state index contributed by atoms with van der Waals surface area (Å²) in [4.78, 5) is 9.99. The SMILES string of the molecule is CCNC(CC)c1ccc(Sc2nc(C)ns2)cn1. The molecular weight excluding hydrogens is 276 g/mol. The maximum Gasteiger partial charge on any atom is 0.174 e. The first-order chi connectivity index (χ1) is 9.22. The maximum atomic E-state index is 4.54. The maximum absolute atomic E-state index is 4.54. The van der Waals surface area contributed by atoms with E-state index in [0.29, 0.717) is 6.04 Å². The van der Waals surface area contributed by atoms with Crippen molar-refractivity contribution in [1.29, 1.82) is 0 Å². The Labute approximate surface area is 122 Å². The van der Waals surface area contributed by atoms with Crippen molar-refractivity contribution in [1.82, 2.24) is 19.7 Å². The summed E-state index contributed by atoms with van der Waals surface area (Å²) >= 11 is 3.04. The molecule has 2 rings (SSSR count). The number of hydrogen-bond donors (Lipinski definition) is 1. The Hall–Kier alpha value is -0.980. The van der Waals surface area contributed by atoms with Crippen molar-refractivity contribution in [3.05, 3.63) is 29.8 Å².